The van der Waals surface area contributed by atoms with Gasteiger partial charge in [-0.05, 0) is 23.1 Å². The molecule has 2 unspecified atom stereocenters. The third-order valence-corrected chi connectivity index (χ3v) is 3.56. The second-order valence-electron chi connectivity index (χ2n) is 5.19. The Morgan fingerprint density at radius 3 is 2.75 bits per heavy atom. The summed E-state index contributed by atoms with van der Waals surface area (Å²) in [5.74, 6) is -0.0169. The van der Waals surface area contributed by atoms with E-state index in [-0.39, 0.29) is 18.2 Å². The summed E-state index contributed by atoms with van der Waals surface area (Å²) in [5.41, 5.74) is 2.65. The van der Waals surface area contributed by atoms with Crippen LogP contribution in [0.4, 0.5) is 0 Å². The largest absolute Gasteiger partial charge is 0.388 e. The molecule has 1 aromatic carbocycles. The van der Waals surface area contributed by atoms with Crippen LogP contribution in [-0.4, -0.2) is 34.6 Å². The number of benzene rings is 1. The van der Waals surface area contributed by atoms with Gasteiger partial charge in [-0.3, -0.25) is 9.59 Å². The van der Waals surface area contributed by atoms with Crippen LogP contribution in [0.2, 0.25) is 0 Å². The van der Waals surface area contributed by atoms with Gasteiger partial charge in [0.15, 0.2) is 0 Å². The molecule has 2 rings (SSSR count). The summed E-state index contributed by atoms with van der Waals surface area (Å²) in [6.45, 7) is 1.36. The van der Waals surface area contributed by atoms with Crippen molar-refractivity contribution in [2.24, 2.45) is 0 Å². The van der Waals surface area contributed by atoms with E-state index in [2.05, 4.69) is 5.32 Å². The number of hydrogen-bond donors (Lipinski definition) is 3. The lowest BCUT2D eigenvalue weighted by Gasteiger charge is -2.21. The van der Waals surface area contributed by atoms with E-state index in [4.69, 9.17) is 0 Å². The van der Waals surface area contributed by atoms with E-state index in [1.54, 1.807) is 6.07 Å². The number of hydrogen-bond acceptors (Lipinski definition) is 4. The highest BCUT2D eigenvalue weighted by Crippen LogP contribution is 2.25. The number of ketones is 1. The molecule has 0 fully saturated rings. The van der Waals surface area contributed by atoms with Crippen LogP contribution in [0.25, 0.3) is 0 Å². The zero-order valence-electron chi connectivity index (χ0n) is 11.4. The predicted octanol–water partition coefficient (Wildman–Crippen LogP) is 0.275. The molecule has 0 saturated heterocycles. The van der Waals surface area contributed by atoms with Gasteiger partial charge >= 0.3 is 0 Å². The summed E-state index contributed by atoms with van der Waals surface area (Å²) < 4.78 is 0. The van der Waals surface area contributed by atoms with Gasteiger partial charge < -0.3 is 15.5 Å². The average Bonchev–Trinajstić information content (AvgIpc) is 2.43. The van der Waals surface area contributed by atoms with Crippen molar-refractivity contribution in [2.75, 3.05) is 6.54 Å². The summed E-state index contributed by atoms with van der Waals surface area (Å²) in [6.07, 6.45) is -0.454. The van der Waals surface area contributed by atoms with Crippen LogP contribution in [0, 0.1) is 0 Å². The Balaban J connectivity index is 2.09. The highest BCUT2D eigenvalue weighted by molar-refractivity contribution is 5.83. The molecule has 108 valence electrons. The maximum Gasteiger partial charge on any atom is 0.216 e. The Morgan fingerprint density at radius 1 is 1.30 bits per heavy atom. The first-order valence-electron chi connectivity index (χ1n) is 6.71. The van der Waals surface area contributed by atoms with E-state index in [0.717, 1.165) is 11.1 Å². The molecular formula is C15H19NO4. The number of Topliss-reactive ketones (excluding diaryl/α,β-unsaturated/α-hetero) is 1. The minimum atomic E-state index is -1.05. The number of aliphatic hydroxyl groups is 2. The Labute approximate surface area is 117 Å². The maximum atomic E-state index is 11.4. The number of amides is 1. The van der Waals surface area contributed by atoms with Gasteiger partial charge in [0.2, 0.25) is 5.91 Å². The van der Waals surface area contributed by atoms with Crippen molar-refractivity contribution in [3.05, 3.63) is 34.9 Å². The van der Waals surface area contributed by atoms with E-state index in [9.17, 15) is 19.8 Å². The van der Waals surface area contributed by atoms with Gasteiger partial charge in [0, 0.05) is 26.3 Å². The Morgan fingerprint density at radius 2 is 2.05 bits per heavy atom. The lowest BCUT2D eigenvalue weighted by atomic mass is 9.88. The van der Waals surface area contributed by atoms with Crippen molar-refractivity contribution in [1.29, 1.82) is 0 Å². The molecule has 1 aromatic rings. The molecule has 2 atom stereocenters. The molecule has 5 heteroatoms. The summed E-state index contributed by atoms with van der Waals surface area (Å²) in [5, 5.41) is 22.4. The van der Waals surface area contributed by atoms with Gasteiger partial charge in [0.25, 0.3) is 0 Å². The highest BCUT2D eigenvalue weighted by atomic mass is 16.3. The monoisotopic (exact) mass is 277 g/mol. The molecule has 0 bridgehead atoms. The summed E-state index contributed by atoms with van der Waals surface area (Å²) in [6, 6.07) is 5.39. The minimum absolute atomic E-state index is 0.00602. The van der Waals surface area contributed by atoms with Crippen LogP contribution in [0.5, 0.6) is 0 Å². The Bertz CT molecular complexity index is 527. The van der Waals surface area contributed by atoms with Crippen LogP contribution >= 0.6 is 0 Å². The van der Waals surface area contributed by atoms with E-state index >= 15 is 0 Å². The standard InChI is InChI=1S/C15H19NO4/c1-9(17)16-8-14(19)15(20)12-3-2-11-7-13(18)5-4-10(11)6-12/h2-3,6,14-15,19-20H,4-5,7-8H2,1H3,(H,16,17). The number of carbonyl (C=O) groups is 2. The molecule has 0 spiro atoms. The zero-order valence-corrected chi connectivity index (χ0v) is 11.4. The molecule has 0 radical (unpaired) electrons. The molecule has 0 aliphatic heterocycles. The first-order valence-corrected chi connectivity index (χ1v) is 6.71. The predicted molar refractivity (Wildman–Crippen MR) is 73.1 cm³/mol. The fourth-order valence-electron chi connectivity index (χ4n) is 2.39. The third kappa shape index (κ3) is 3.43. The first-order chi connectivity index (χ1) is 9.47. The fraction of sp³-hybridized carbons (Fsp3) is 0.467. The fourth-order valence-corrected chi connectivity index (χ4v) is 2.39. The van der Waals surface area contributed by atoms with Crippen molar-refractivity contribution in [3.8, 4) is 0 Å². The van der Waals surface area contributed by atoms with E-state index < -0.39 is 12.2 Å². The Kier molecular flexibility index (Phi) is 4.52. The molecule has 3 N–H and O–H groups in total. The number of carbonyl (C=O) groups excluding carboxylic acids is 2. The number of rotatable bonds is 4. The SMILES string of the molecule is CC(=O)NCC(O)C(O)c1ccc2c(c1)CCC(=O)C2. The number of nitrogens with one attached hydrogen (secondary N) is 1. The van der Waals surface area contributed by atoms with E-state index in [1.807, 2.05) is 12.1 Å². The van der Waals surface area contributed by atoms with Crippen LogP contribution in [0.1, 0.15) is 36.1 Å². The molecule has 0 saturated carbocycles. The minimum Gasteiger partial charge on any atom is -0.388 e. The third-order valence-electron chi connectivity index (χ3n) is 3.56. The topological polar surface area (TPSA) is 86.6 Å². The average molecular weight is 277 g/mol. The van der Waals surface area contributed by atoms with Gasteiger partial charge in [-0.15, -0.1) is 0 Å². The van der Waals surface area contributed by atoms with Gasteiger partial charge in [-0.1, -0.05) is 18.2 Å². The molecule has 0 aromatic heterocycles. The second kappa shape index (κ2) is 6.15. The summed E-state index contributed by atoms with van der Waals surface area (Å²) >= 11 is 0. The molecule has 1 amide bonds. The molecular weight excluding hydrogens is 258 g/mol. The van der Waals surface area contributed by atoms with Crippen molar-refractivity contribution in [3.63, 3.8) is 0 Å². The molecule has 5 nitrogen and oxygen atoms in total. The van der Waals surface area contributed by atoms with Crippen molar-refractivity contribution in [1.82, 2.24) is 5.32 Å². The van der Waals surface area contributed by atoms with Crippen LogP contribution in [0.15, 0.2) is 18.2 Å². The maximum absolute atomic E-state index is 11.4. The first kappa shape index (κ1) is 14.7. The van der Waals surface area contributed by atoms with Crippen LogP contribution in [0.3, 0.4) is 0 Å². The number of aryl methyl sites for hydroxylation is 1. The quantitative estimate of drug-likeness (QED) is 0.737. The lowest BCUT2D eigenvalue weighted by Crippen LogP contribution is -2.34. The van der Waals surface area contributed by atoms with E-state index in [1.165, 1.54) is 6.92 Å². The molecule has 1 aliphatic carbocycles. The highest BCUT2D eigenvalue weighted by Gasteiger charge is 2.21. The smallest absolute Gasteiger partial charge is 0.216 e. The number of aliphatic hydroxyl groups excluding tert-OH is 2. The second-order valence-corrected chi connectivity index (χ2v) is 5.19. The van der Waals surface area contributed by atoms with Crippen molar-refractivity contribution >= 4 is 11.7 Å². The van der Waals surface area contributed by atoms with Crippen molar-refractivity contribution in [2.45, 2.75) is 38.4 Å². The lowest BCUT2D eigenvalue weighted by molar-refractivity contribution is -0.120. The van der Waals surface area contributed by atoms with Gasteiger partial charge in [-0.25, -0.2) is 0 Å². The van der Waals surface area contributed by atoms with Gasteiger partial charge in [0.05, 0.1) is 0 Å². The summed E-state index contributed by atoms with van der Waals surface area (Å²) in [4.78, 5) is 22.2. The van der Waals surface area contributed by atoms with Gasteiger partial charge in [-0.2, -0.15) is 0 Å². The molecule has 0 heterocycles. The zero-order chi connectivity index (χ0) is 14.7. The van der Waals surface area contributed by atoms with E-state index in [0.29, 0.717) is 24.8 Å². The number of fused-ring (bicyclic) bond motifs is 1. The molecule has 1 aliphatic rings. The molecule has 20 heavy (non-hydrogen) atoms. The van der Waals surface area contributed by atoms with Crippen molar-refractivity contribution < 1.29 is 19.8 Å². The normalized spacial score (nSPS) is 17.2. The Hall–Kier alpha value is -1.72. The van der Waals surface area contributed by atoms with Crippen LogP contribution in [-0.2, 0) is 22.4 Å². The summed E-state index contributed by atoms with van der Waals surface area (Å²) in [7, 11) is 0. The van der Waals surface area contributed by atoms with Gasteiger partial charge in [0.1, 0.15) is 18.0 Å². The van der Waals surface area contributed by atoms with Crippen LogP contribution < -0.4 is 5.32 Å².